The average Bonchev–Trinajstić information content (AvgIpc) is 2.97. The Morgan fingerprint density at radius 1 is 0.846 bits per heavy atom. The van der Waals surface area contributed by atoms with Crippen LogP contribution in [0.1, 0.15) is 50.1 Å². The molecule has 3 heterocycles. The van der Waals surface area contributed by atoms with Crippen LogP contribution in [-0.4, -0.2) is 68.6 Å². The molecule has 3 aromatic carbocycles. The summed E-state index contributed by atoms with van der Waals surface area (Å²) in [5.41, 5.74) is 7.23. The van der Waals surface area contributed by atoms with Crippen molar-refractivity contribution in [1.82, 2.24) is 9.80 Å². The molecule has 0 unspecified atom stereocenters. The number of amides is 2. The summed E-state index contributed by atoms with van der Waals surface area (Å²) >= 11 is 0. The SMILES string of the molecule is COc1cc2c(cc1OC)[C@H]1[C@@H](C(=O)N3CCN(c4cc(C)ccc4C)CC3)c3ccccc3C(=O)N1CC2. The summed E-state index contributed by atoms with van der Waals surface area (Å²) in [6, 6.07) is 17.7. The summed E-state index contributed by atoms with van der Waals surface area (Å²) in [7, 11) is 3.24. The molecule has 2 atom stereocenters. The fraction of sp³-hybridized carbons (Fsp3) is 0.375. The number of aryl methyl sites for hydroxylation is 2. The van der Waals surface area contributed by atoms with Crippen LogP contribution in [0.4, 0.5) is 5.69 Å². The average molecular weight is 526 g/mol. The second-order valence-corrected chi connectivity index (χ2v) is 10.8. The van der Waals surface area contributed by atoms with E-state index in [0.29, 0.717) is 43.1 Å². The Morgan fingerprint density at radius 2 is 1.56 bits per heavy atom. The predicted octanol–water partition coefficient (Wildman–Crippen LogP) is 4.51. The molecular formula is C32H35N3O4. The third-order valence-electron chi connectivity index (χ3n) is 8.59. The number of fused-ring (bicyclic) bond motifs is 4. The van der Waals surface area contributed by atoms with Crippen LogP contribution in [0.5, 0.6) is 11.5 Å². The van der Waals surface area contributed by atoms with E-state index in [0.717, 1.165) is 29.8 Å². The minimum absolute atomic E-state index is 0.0140. The van der Waals surface area contributed by atoms with Gasteiger partial charge in [0.2, 0.25) is 5.91 Å². The third-order valence-corrected chi connectivity index (χ3v) is 8.59. The van der Waals surface area contributed by atoms with Gasteiger partial charge >= 0.3 is 0 Å². The van der Waals surface area contributed by atoms with Gasteiger partial charge in [0.15, 0.2) is 11.5 Å². The molecule has 0 N–H and O–H groups in total. The van der Waals surface area contributed by atoms with Crippen molar-refractivity contribution in [2.45, 2.75) is 32.2 Å². The normalized spacial score (nSPS) is 20.2. The fourth-order valence-corrected chi connectivity index (χ4v) is 6.54. The van der Waals surface area contributed by atoms with Gasteiger partial charge in [0.05, 0.1) is 26.2 Å². The number of ether oxygens (including phenoxy) is 2. The first-order valence-electron chi connectivity index (χ1n) is 13.7. The summed E-state index contributed by atoms with van der Waals surface area (Å²) in [5, 5.41) is 0. The molecule has 6 rings (SSSR count). The summed E-state index contributed by atoms with van der Waals surface area (Å²) in [6.07, 6.45) is 0.704. The summed E-state index contributed by atoms with van der Waals surface area (Å²) in [5.74, 6) is 0.853. The number of piperazine rings is 1. The maximum atomic E-state index is 14.4. The van der Waals surface area contributed by atoms with Crippen LogP contribution in [0.25, 0.3) is 0 Å². The lowest BCUT2D eigenvalue weighted by Gasteiger charge is -2.47. The minimum Gasteiger partial charge on any atom is -0.493 e. The Hall–Kier alpha value is -4.00. The highest BCUT2D eigenvalue weighted by Gasteiger charge is 2.48. The fourth-order valence-electron chi connectivity index (χ4n) is 6.54. The van der Waals surface area contributed by atoms with Crippen LogP contribution >= 0.6 is 0 Å². The first kappa shape index (κ1) is 25.3. The van der Waals surface area contributed by atoms with Gasteiger partial charge in [-0.05, 0) is 72.4 Å². The van der Waals surface area contributed by atoms with Crippen LogP contribution in [0.2, 0.25) is 0 Å². The van der Waals surface area contributed by atoms with Crippen molar-refractivity contribution >= 4 is 17.5 Å². The maximum absolute atomic E-state index is 14.4. The van der Waals surface area contributed by atoms with E-state index in [1.54, 1.807) is 14.2 Å². The zero-order valence-corrected chi connectivity index (χ0v) is 23.1. The molecule has 1 saturated heterocycles. The highest BCUT2D eigenvalue weighted by Crippen LogP contribution is 2.49. The lowest BCUT2D eigenvalue weighted by atomic mass is 9.75. The van der Waals surface area contributed by atoms with Crippen LogP contribution in [0.3, 0.4) is 0 Å². The number of benzene rings is 3. The first-order chi connectivity index (χ1) is 18.9. The number of carbonyl (C=O) groups is 2. The number of nitrogens with zero attached hydrogens (tertiary/aromatic N) is 3. The van der Waals surface area contributed by atoms with Gasteiger partial charge in [-0.15, -0.1) is 0 Å². The zero-order chi connectivity index (χ0) is 27.3. The molecule has 3 aromatic rings. The van der Waals surface area contributed by atoms with Crippen LogP contribution in [0.15, 0.2) is 54.6 Å². The van der Waals surface area contributed by atoms with E-state index in [1.807, 2.05) is 46.2 Å². The van der Waals surface area contributed by atoms with Crippen molar-refractivity contribution in [2.24, 2.45) is 0 Å². The van der Waals surface area contributed by atoms with Crippen molar-refractivity contribution in [2.75, 3.05) is 51.8 Å². The van der Waals surface area contributed by atoms with Gasteiger partial charge in [0.1, 0.15) is 0 Å². The van der Waals surface area contributed by atoms with Gasteiger partial charge in [-0.25, -0.2) is 0 Å². The van der Waals surface area contributed by atoms with Gasteiger partial charge in [0.25, 0.3) is 5.91 Å². The molecule has 0 spiro atoms. The topological polar surface area (TPSA) is 62.3 Å². The number of rotatable bonds is 4. The zero-order valence-electron chi connectivity index (χ0n) is 23.1. The highest BCUT2D eigenvalue weighted by molar-refractivity contribution is 6.01. The lowest BCUT2D eigenvalue weighted by Crippen LogP contribution is -2.54. The van der Waals surface area contributed by atoms with Gasteiger partial charge in [-0.3, -0.25) is 9.59 Å². The van der Waals surface area contributed by atoms with Crippen LogP contribution < -0.4 is 14.4 Å². The third kappa shape index (κ3) is 4.20. The molecule has 0 aliphatic carbocycles. The van der Waals surface area contributed by atoms with Crippen molar-refractivity contribution < 1.29 is 19.1 Å². The molecule has 0 bridgehead atoms. The molecule has 0 saturated carbocycles. The maximum Gasteiger partial charge on any atom is 0.254 e. The lowest BCUT2D eigenvalue weighted by molar-refractivity contribution is -0.135. The van der Waals surface area contributed by atoms with E-state index in [9.17, 15) is 9.59 Å². The Bertz CT molecular complexity index is 1440. The van der Waals surface area contributed by atoms with E-state index in [4.69, 9.17) is 9.47 Å². The number of methoxy groups -OCH3 is 2. The Labute approximate surface area is 229 Å². The Kier molecular flexibility index (Phi) is 6.45. The second-order valence-electron chi connectivity index (χ2n) is 10.8. The van der Waals surface area contributed by atoms with E-state index >= 15 is 0 Å². The van der Waals surface area contributed by atoms with Gasteiger partial charge < -0.3 is 24.2 Å². The Morgan fingerprint density at radius 3 is 2.31 bits per heavy atom. The summed E-state index contributed by atoms with van der Waals surface area (Å²) in [6.45, 7) is 7.65. The van der Waals surface area contributed by atoms with Crippen molar-refractivity contribution in [3.8, 4) is 11.5 Å². The largest absolute Gasteiger partial charge is 0.493 e. The van der Waals surface area contributed by atoms with E-state index in [-0.39, 0.29) is 17.9 Å². The molecule has 3 aliphatic rings. The van der Waals surface area contributed by atoms with Gasteiger partial charge in [0, 0.05) is 44.0 Å². The molecule has 39 heavy (non-hydrogen) atoms. The number of anilines is 1. The quantitative estimate of drug-likeness (QED) is 0.502. The summed E-state index contributed by atoms with van der Waals surface area (Å²) < 4.78 is 11.2. The van der Waals surface area contributed by atoms with E-state index < -0.39 is 5.92 Å². The molecule has 0 aromatic heterocycles. The van der Waals surface area contributed by atoms with Gasteiger partial charge in [-0.2, -0.15) is 0 Å². The second kappa shape index (κ2) is 9.95. The summed E-state index contributed by atoms with van der Waals surface area (Å²) in [4.78, 5) is 34.4. The standard InChI is InChI=1S/C32H35N3O4/c1-20-9-10-21(2)26(17-20)33-13-15-34(16-14-33)32(37)29-23-7-5-6-8-24(23)31(36)35-12-11-22-18-27(38-3)28(39-4)19-25(22)30(29)35/h5-10,17-19,29-30H,11-16H2,1-4H3/t29-,30-/m0/s1. The smallest absolute Gasteiger partial charge is 0.254 e. The Balaban J connectivity index is 1.36. The van der Waals surface area contributed by atoms with Crippen molar-refractivity contribution in [3.63, 3.8) is 0 Å². The first-order valence-corrected chi connectivity index (χ1v) is 13.7. The minimum atomic E-state index is -0.483. The molecule has 2 amide bonds. The highest BCUT2D eigenvalue weighted by atomic mass is 16.5. The number of carbonyl (C=O) groups excluding carboxylic acids is 2. The van der Waals surface area contributed by atoms with Crippen molar-refractivity contribution in [3.05, 3.63) is 88.0 Å². The molecule has 1 fully saturated rings. The monoisotopic (exact) mass is 525 g/mol. The van der Waals surface area contributed by atoms with E-state index in [2.05, 4.69) is 36.9 Å². The number of hydrogen-bond acceptors (Lipinski definition) is 5. The van der Waals surface area contributed by atoms with Crippen LogP contribution in [-0.2, 0) is 11.2 Å². The molecule has 0 radical (unpaired) electrons. The predicted molar refractivity (Wildman–Crippen MR) is 151 cm³/mol. The van der Waals surface area contributed by atoms with E-state index in [1.165, 1.54) is 16.8 Å². The van der Waals surface area contributed by atoms with Gasteiger partial charge in [-0.1, -0.05) is 30.3 Å². The molecule has 7 nitrogen and oxygen atoms in total. The number of hydrogen-bond donors (Lipinski definition) is 0. The molecule has 202 valence electrons. The molecule has 7 heteroatoms. The van der Waals surface area contributed by atoms with Crippen LogP contribution in [0, 0.1) is 13.8 Å². The molecule has 3 aliphatic heterocycles. The van der Waals surface area contributed by atoms with Crippen molar-refractivity contribution in [1.29, 1.82) is 0 Å². The molecular weight excluding hydrogens is 490 g/mol.